The van der Waals surface area contributed by atoms with Crippen LogP contribution < -0.4 is 20.5 Å². The Hall–Kier alpha value is -3.27. The minimum Gasteiger partial charge on any atom is -0.493 e. The minimum atomic E-state index is -4.48. The Labute approximate surface area is 189 Å². The molecule has 0 aliphatic heterocycles. The molecule has 1 aromatic heterocycles. The summed E-state index contributed by atoms with van der Waals surface area (Å²) in [6.45, 7) is 2.29. The molecule has 0 unspecified atom stereocenters. The van der Waals surface area contributed by atoms with Gasteiger partial charge in [-0.3, -0.25) is 0 Å². The van der Waals surface area contributed by atoms with Crippen LogP contribution in [0, 0.1) is 6.92 Å². The van der Waals surface area contributed by atoms with Crippen LogP contribution in [0.15, 0.2) is 30.3 Å². The number of fused-ring (bicyclic) bond motifs is 1. The van der Waals surface area contributed by atoms with Crippen molar-refractivity contribution >= 4 is 22.4 Å². The molecule has 0 radical (unpaired) electrons. The Bertz CT molecular complexity index is 1180. The fourth-order valence-electron chi connectivity index (χ4n) is 3.71. The molecule has 0 saturated heterocycles. The smallest absolute Gasteiger partial charge is 0.416 e. The first-order valence-electron chi connectivity index (χ1n) is 10.4. The zero-order valence-electron chi connectivity index (χ0n) is 18.5. The first-order chi connectivity index (χ1) is 15.6. The van der Waals surface area contributed by atoms with Gasteiger partial charge in [0.15, 0.2) is 11.5 Å². The van der Waals surface area contributed by atoms with Gasteiger partial charge in [0.2, 0.25) is 0 Å². The van der Waals surface area contributed by atoms with E-state index in [9.17, 15) is 13.2 Å². The van der Waals surface area contributed by atoms with Gasteiger partial charge in [-0.25, -0.2) is 9.97 Å². The van der Waals surface area contributed by atoms with Crippen molar-refractivity contribution in [3.63, 3.8) is 0 Å². The van der Waals surface area contributed by atoms with E-state index in [0.29, 0.717) is 46.2 Å². The lowest BCUT2D eigenvalue weighted by Gasteiger charge is -2.20. The van der Waals surface area contributed by atoms with E-state index in [-0.39, 0.29) is 17.8 Å². The van der Waals surface area contributed by atoms with Crippen molar-refractivity contribution in [1.82, 2.24) is 9.97 Å². The van der Waals surface area contributed by atoms with E-state index in [1.807, 2.05) is 0 Å². The zero-order chi connectivity index (χ0) is 23.8. The number of hydrogen-bond acceptors (Lipinski definition) is 7. The fraction of sp³-hybridized carbons (Fsp3) is 0.391. The van der Waals surface area contributed by atoms with Gasteiger partial charge in [-0.1, -0.05) is 0 Å². The summed E-state index contributed by atoms with van der Waals surface area (Å²) in [7, 11) is 3.18. The van der Waals surface area contributed by atoms with Crippen LogP contribution in [0.25, 0.3) is 10.9 Å². The molecule has 1 fully saturated rings. The number of aryl methyl sites for hydroxylation is 1. The first-order valence-corrected chi connectivity index (χ1v) is 10.4. The van der Waals surface area contributed by atoms with E-state index in [4.69, 9.17) is 19.9 Å². The largest absolute Gasteiger partial charge is 0.493 e. The maximum Gasteiger partial charge on any atom is 0.416 e. The highest BCUT2D eigenvalue weighted by Gasteiger charge is 2.46. The van der Waals surface area contributed by atoms with Crippen molar-refractivity contribution < 1.29 is 27.4 Å². The molecule has 3 aromatic rings. The summed E-state index contributed by atoms with van der Waals surface area (Å²) in [5.74, 6) is 2.03. The monoisotopic (exact) mass is 462 g/mol. The molecule has 1 aliphatic rings. The van der Waals surface area contributed by atoms with Gasteiger partial charge in [0.25, 0.3) is 0 Å². The number of aromatic nitrogens is 2. The van der Waals surface area contributed by atoms with Gasteiger partial charge in [-0.2, -0.15) is 13.2 Å². The molecule has 1 saturated carbocycles. The average Bonchev–Trinajstić information content (AvgIpc) is 3.50. The van der Waals surface area contributed by atoms with Crippen LogP contribution in [0.4, 0.5) is 24.7 Å². The van der Waals surface area contributed by atoms with E-state index >= 15 is 0 Å². The quantitative estimate of drug-likeness (QED) is 0.468. The van der Waals surface area contributed by atoms with Crippen molar-refractivity contribution in [2.75, 3.05) is 31.9 Å². The van der Waals surface area contributed by atoms with Gasteiger partial charge < -0.3 is 25.3 Å². The summed E-state index contributed by atoms with van der Waals surface area (Å²) in [5.41, 5.74) is 5.55. The molecule has 0 amide bonds. The Morgan fingerprint density at radius 2 is 1.82 bits per heavy atom. The summed E-state index contributed by atoms with van der Waals surface area (Å²) in [4.78, 5) is 8.93. The van der Waals surface area contributed by atoms with Crippen LogP contribution in [0.2, 0.25) is 0 Å². The number of methoxy groups -OCH3 is 2. The zero-order valence-corrected chi connectivity index (χ0v) is 18.5. The van der Waals surface area contributed by atoms with Gasteiger partial charge in [0.05, 0.1) is 24.8 Å². The number of halogens is 3. The molecule has 10 heteroatoms. The average molecular weight is 462 g/mol. The summed E-state index contributed by atoms with van der Waals surface area (Å²) in [5, 5.41) is 3.78. The van der Waals surface area contributed by atoms with Crippen molar-refractivity contribution in [3.05, 3.63) is 47.3 Å². The molecule has 176 valence electrons. The lowest BCUT2D eigenvalue weighted by molar-refractivity contribution is -0.137. The maximum atomic E-state index is 13.2. The lowest BCUT2D eigenvalue weighted by atomic mass is 10.1. The Kier molecular flexibility index (Phi) is 5.96. The predicted molar refractivity (Wildman–Crippen MR) is 118 cm³/mol. The number of alkyl halides is 3. The molecule has 3 N–H and O–H groups in total. The molecule has 0 atom stereocenters. The number of nitrogen functional groups attached to an aromatic ring is 1. The first kappa shape index (κ1) is 22.9. The van der Waals surface area contributed by atoms with Crippen LogP contribution in [-0.2, 0) is 17.5 Å². The third-order valence-corrected chi connectivity index (χ3v) is 5.44. The normalized spacial score (nSPS) is 14.8. The van der Waals surface area contributed by atoms with E-state index in [1.54, 1.807) is 33.3 Å². The highest BCUT2D eigenvalue weighted by Crippen LogP contribution is 2.44. The van der Waals surface area contributed by atoms with Crippen LogP contribution in [0.3, 0.4) is 0 Å². The number of rotatable bonds is 8. The second-order valence-electron chi connectivity index (χ2n) is 8.17. The molecule has 7 nitrogen and oxygen atoms in total. The molecular formula is C23H25F3N4O3. The second kappa shape index (κ2) is 8.58. The number of nitrogens with one attached hydrogen (secondary N) is 1. The number of anilines is 2. The van der Waals surface area contributed by atoms with Crippen molar-refractivity contribution in [1.29, 1.82) is 0 Å². The minimum absolute atomic E-state index is 0.0404. The topological polar surface area (TPSA) is 91.5 Å². The van der Waals surface area contributed by atoms with Crippen molar-refractivity contribution in [2.24, 2.45) is 0 Å². The van der Waals surface area contributed by atoms with Gasteiger partial charge in [-0.15, -0.1) is 0 Å². The highest BCUT2D eigenvalue weighted by atomic mass is 19.4. The predicted octanol–water partition coefficient (Wildman–Crippen LogP) is 4.72. The number of nitrogens with two attached hydrogens (primary N) is 1. The SMILES string of the molecule is COCC1(Oc2cc3c(NCc4cc(N)cc(C(F)(F)F)c4)nc(C)nc3cc2OC)CC1. The third kappa shape index (κ3) is 5.05. The van der Waals surface area contributed by atoms with Crippen LogP contribution in [0.5, 0.6) is 11.5 Å². The molecule has 1 heterocycles. The summed E-state index contributed by atoms with van der Waals surface area (Å²) >= 11 is 0. The van der Waals surface area contributed by atoms with Crippen LogP contribution in [0.1, 0.15) is 29.8 Å². The summed E-state index contributed by atoms with van der Waals surface area (Å²) in [6, 6.07) is 7.02. The summed E-state index contributed by atoms with van der Waals surface area (Å²) < 4.78 is 56.5. The third-order valence-electron chi connectivity index (χ3n) is 5.44. The molecule has 0 bridgehead atoms. The van der Waals surface area contributed by atoms with E-state index in [0.717, 1.165) is 25.0 Å². The van der Waals surface area contributed by atoms with Gasteiger partial charge in [-0.05, 0) is 49.6 Å². The molecular weight excluding hydrogens is 437 g/mol. The standard InChI is InChI=1S/C23H25F3N4O3/c1-13-29-18-10-19(32-3)20(33-22(4-5-22)12-31-2)9-17(18)21(30-13)28-11-14-6-15(23(24,25)26)8-16(27)7-14/h6-10H,4-5,11-12,27H2,1-3H3,(H,28,29,30). The maximum absolute atomic E-state index is 13.2. The number of nitrogens with zero attached hydrogens (tertiary/aromatic N) is 2. The Morgan fingerprint density at radius 1 is 1.06 bits per heavy atom. The molecule has 2 aromatic carbocycles. The molecule has 4 rings (SSSR count). The highest BCUT2D eigenvalue weighted by molar-refractivity contribution is 5.91. The van der Waals surface area contributed by atoms with Gasteiger partial charge >= 0.3 is 6.18 Å². The number of ether oxygens (including phenoxy) is 3. The lowest BCUT2D eigenvalue weighted by Crippen LogP contribution is -2.24. The van der Waals surface area contributed by atoms with Gasteiger partial charge in [0.1, 0.15) is 17.2 Å². The van der Waals surface area contributed by atoms with E-state index < -0.39 is 11.7 Å². The number of hydrogen-bond donors (Lipinski definition) is 2. The van der Waals surface area contributed by atoms with Crippen molar-refractivity contribution in [3.8, 4) is 11.5 Å². The van der Waals surface area contributed by atoms with Crippen molar-refractivity contribution in [2.45, 2.75) is 38.1 Å². The molecule has 0 spiro atoms. The van der Waals surface area contributed by atoms with E-state index in [1.165, 1.54) is 6.07 Å². The Balaban J connectivity index is 1.68. The van der Waals surface area contributed by atoms with E-state index in [2.05, 4.69) is 15.3 Å². The van der Waals surface area contributed by atoms with Crippen LogP contribution in [-0.4, -0.2) is 36.4 Å². The molecule has 33 heavy (non-hydrogen) atoms. The second-order valence-corrected chi connectivity index (χ2v) is 8.17. The fourth-order valence-corrected chi connectivity index (χ4v) is 3.71. The summed E-state index contributed by atoms with van der Waals surface area (Å²) in [6.07, 6.45) is -2.74. The molecule has 1 aliphatic carbocycles. The van der Waals surface area contributed by atoms with Crippen LogP contribution >= 0.6 is 0 Å². The van der Waals surface area contributed by atoms with Gasteiger partial charge in [0, 0.05) is 30.8 Å². The number of benzene rings is 2. The Morgan fingerprint density at radius 3 is 2.45 bits per heavy atom.